The first kappa shape index (κ1) is 16.3. The van der Waals surface area contributed by atoms with Crippen LogP contribution in [0.1, 0.15) is 47.2 Å². The summed E-state index contributed by atoms with van der Waals surface area (Å²) < 4.78 is 12.9. The number of rotatable bonds is 2. The van der Waals surface area contributed by atoms with E-state index in [0.29, 0.717) is 11.6 Å². The Balaban J connectivity index is 1.69. The Morgan fingerprint density at radius 3 is 2.00 bits per heavy atom. The molecular weight excluding hydrogens is 301 g/mol. The largest absolute Gasteiger partial charge is 0.339 e. The molecule has 0 bridgehead atoms. The molecular formula is C21H20FNO. The molecule has 1 aliphatic carbocycles. The van der Waals surface area contributed by atoms with Crippen LogP contribution in [-0.4, -0.2) is 23.9 Å². The van der Waals surface area contributed by atoms with Gasteiger partial charge in [0.25, 0.3) is 5.91 Å². The van der Waals surface area contributed by atoms with Crippen LogP contribution in [0.3, 0.4) is 0 Å². The summed E-state index contributed by atoms with van der Waals surface area (Å²) in [6.07, 6.45) is 4.62. The van der Waals surface area contributed by atoms with Gasteiger partial charge in [0.05, 0.1) is 0 Å². The summed E-state index contributed by atoms with van der Waals surface area (Å²) in [6.45, 7) is 0. The Bertz CT molecular complexity index is 762. The van der Waals surface area contributed by atoms with Crippen molar-refractivity contribution in [1.29, 1.82) is 0 Å². The molecule has 24 heavy (non-hydrogen) atoms. The summed E-state index contributed by atoms with van der Waals surface area (Å²) in [4.78, 5) is 14.4. The third kappa shape index (κ3) is 3.83. The van der Waals surface area contributed by atoms with Crippen LogP contribution in [0.25, 0.3) is 0 Å². The van der Waals surface area contributed by atoms with E-state index in [1.807, 2.05) is 36.2 Å². The zero-order chi connectivity index (χ0) is 16.9. The summed E-state index contributed by atoms with van der Waals surface area (Å²) in [5, 5.41) is 0. The summed E-state index contributed by atoms with van der Waals surface area (Å²) in [5.74, 6) is 5.83. The molecule has 2 aromatic carbocycles. The maximum Gasteiger partial charge on any atom is 0.253 e. The monoisotopic (exact) mass is 321 g/mol. The summed E-state index contributed by atoms with van der Waals surface area (Å²) in [5.41, 5.74) is 2.29. The van der Waals surface area contributed by atoms with Crippen LogP contribution < -0.4 is 0 Å². The Labute approximate surface area is 142 Å². The highest BCUT2D eigenvalue weighted by atomic mass is 19.1. The van der Waals surface area contributed by atoms with Gasteiger partial charge in [0.2, 0.25) is 0 Å². The fourth-order valence-electron chi connectivity index (χ4n) is 3.03. The van der Waals surface area contributed by atoms with Crippen molar-refractivity contribution < 1.29 is 9.18 Å². The van der Waals surface area contributed by atoms with Gasteiger partial charge in [-0.2, -0.15) is 0 Å². The van der Waals surface area contributed by atoms with Crippen LogP contribution in [0.4, 0.5) is 4.39 Å². The molecule has 0 saturated heterocycles. The minimum Gasteiger partial charge on any atom is -0.339 e. The molecule has 0 heterocycles. The number of carbonyl (C=O) groups is 1. The van der Waals surface area contributed by atoms with E-state index < -0.39 is 0 Å². The third-order valence-corrected chi connectivity index (χ3v) is 4.52. The van der Waals surface area contributed by atoms with E-state index in [0.717, 1.165) is 24.0 Å². The highest BCUT2D eigenvalue weighted by Gasteiger charge is 2.23. The average molecular weight is 321 g/mol. The molecule has 0 N–H and O–H groups in total. The molecule has 0 unspecified atom stereocenters. The molecule has 0 atom stereocenters. The quantitative estimate of drug-likeness (QED) is 0.758. The zero-order valence-corrected chi connectivity index (χ0v) is 13.8. The lowest BCUT2D eigenvalue weighted by molar-refractivity contribution is 0.0735. The van der Waals surface area contributed by atoms with E-state index in [-0.39, 0.29) is 11.7 Å². The van der Waals surface area contributed by atoms with E-state index in [9.17, 15) is 9.18 Å². The van der Waals surface area contributed by atoms with E-state index in [4.69, 9.17) is 0 Å². The molecule has 2 aromatic rings. The molecule has 3 rings (SSSR count). The zero-order valence-electron chi connectivity index (χ0n) is 13.8. The Hall–Kier alpha value is -2.60. The van der Waals surface area contributed by atoms with Crippen LogP contribution >= 0.6 is 0 Å². The molecule has 0 spiro atoms. The maximum absolute atomic E-state index is 12.9. The smallest absolute Gasteiger partial charge is 0.253 e. The Kier molecular flexibility index (Phi) is 4.96. The second-order valence-electron chi connectivity index (χ2n) is 6.19. The lowest BCUT2D eigenvalue weighted by Crippen LogP contribution is -2.35. The van der Waals surface area contributed by atoms with E-state index >= 15 is 0 Å². The van der Waals surface area contributed by atoms with Crippen LogP contribution in [0.2, 0.25) is 0 Å². The lowest BCUT2D eigenvalue weighted by Gasteiger charge is -2.24. The average Bonchev–Trinajstić information content (AvgIpc) is 3.15. The molecule has 0 aliphatic heterocycles. The Morgan fingerprint density at radius 2 is 1.46 bits per heavy atom. The van der Waals surface area contributed by atoms with Gasteiger partial charge in [0.15, 0.2) is 0 Å². The number of halogens is 1. The molecule has 0 radical (unpaired) electrons. The molecule has 3 heteroatoms. The van der Waals surface area contributed by atoms with Crippen LogP contribution in [-0.2, 0) is 0 Å². The van der Waals surface area contributed by atoms with Crippen molar-refractivity contribution in [2.75, 3.05) is 7.05 Å². The van der Waals surface area contributed by atoms with Crippen molar-refractivity contribution in [2.24, 2.45) is 0 Å². The number of benzene rings is 2. The minimum absolute atomic E-state index is 0.0694. The van der Waals surface area contributed by atoms with Crippen LogP contribution in [0, 0.1) is 17.7 Å². The van der Waals surface area contributed by atoms with E-state index in [2.05, 4.69) is 11.8 Å². The van der Waals surface area contributed by atoms with Gasteiger partial charge in [0.1, 0.15) is 5.82 Å². The highest BCUT2D eigenvalue weighted by Crippen LogP contribution is 2.23. The highest BCUT2D eigenvalue weighted by molar-refractivity contribution is 5.94. The second kappa shape index (κ2) is 7.31. The molecule has 2 nitrogen and oxygen atoms in total. The van der Waals surface area contributed by atoms with Gasteiger partial charge >= 0.3 is 0 Å². The molecule has 1 saturated carbocycles. The van der Waals surface area contributed by atoms with Crippen molar-refractivity contribution in [3.05, 3.63) is 71.0 Å². The number of nitrogens with zero attached hydrogens (tertiary/aromatic N) is 1. The van der Waals surface area contributed by atoms with Crippen molar-refractivity contribution in [1.82, 2.24) is 4.90 Å². The first-order chi connectivity index (χ1) is 11.6. The predicted octanol–water partition coefficient (Wildman–Crippen LogP) is 4.24. The fraction of sp³-hybridized carbons (Fsp3) is 0.286. The van der Waals surface area contributed by atoms with Crippen molar-refractivity contribution in [3.8, 4) is 11.8 Å². The minimum atomic E-state index is -0.269. The summed E-state index contributed by atoms with van der Waals surface area (Å²) in [6, 6.07) is 13.8. The second-order valence-corrected chi connectivity index (χ2v) is 6.19. The number of hydrogen-bond donors (Lipinski definition) is 0. The molecule has 1 fully saturated rings. The van der Waals surface area contributed by atoms with Crippen molar-refractivity contribution in [2.45, 2.75) is 31.7 Å². The standard InChI is InChI=1S/C21H20FNO/c1-23(20-4-2-3-5-20)21(24)18-12-8-16(9-13-18)6-7-17-10-14-19(22)15-11-17/h8-15,20H,2-5H2,1H3. The molecule has 0 aromatic heterocycles. The first-order valence-corrected chi connectivity index (χ1v) is 8.28. The van der Waals surface area contributed by atoms with Gasteiger partial charge in [-0.3, -0.25) is 4.79 Å². The maximum atomic E-state index is 12.9. The van der Waals surface area contributed by atoms with Gasteiger partial charge in [-0.25, -0.2) is 4.39 Å². The fourth-order valence-corrected chi connectivity index (χ4v) is 3.03. The Morgan fingerprint density at radius 1 is 0.958 bits per heavy atom. The van der Waals surface area contributed by atoms with Gasteiger partial charge in [-0.1, -0.05) is 24.7 Å². The van der Waals surface area contributed by atoms with E-state index in [1.54, 1.807) is 12.1 Å². The number of amides is 1. The van der Waals surface area contributed by atoms with E-state index in [1.165, 1.54) is 25.0 Å². The van der Waals surface area contributed by atoms with Crippen LogP contribution in [0.15, 0.2) is 48.5 Å². The van der Waals surface area contributed by atoms with Gasteiger partial charge in [-0.15, -0.1) is 0 Å². The third-order valence-electron chi connectivity index (χ3n) is 4.52. The SMILES string of the molecule is CN(C(=O)c1ccc(C#Cc2ccc(F)cc2)cc1)C1CCCC1. The predicted molar refractivity (Wildman–Crippen MR) is 93.2 cm³/mol. The summed E-state index contributed by atoms with van der Waals surface area (Å²) >= 11 is 0. The number of carbonyl (C=O) groups excluding carboxylic acids is 1. The molecule has 1 amide bonds. The first-order valence-electron chi connectivity index (χ1n) is 8.28. The van der Waals surface area contributed by atoms with Crippen LogP contribution in [0.5, 0.6) is 0 Å². The molecule has 122 valence electrons. The van der Waals surface area contributed by atoms with Gasteiger partial charge in [0, 0.05) is 29.8 Å². The molecule has 1 aliphatic rings. The normalized spacial score (nSPS) is 14.1. The summed E-state index contributed by atoms with van der Waals surface area (Å²) in [7, 11) is 1.89. The number of hydrogen-bond acceptors (Lipinski definition) is 1. The van der Waals surface area contributed by atoms with Crippen molar-refractivity contribution >= 4 is 5.91 Å². The van der Waals surface area contributed by atoms with Crippen molar-refractivity contribution in [3.63, 3.8) is 0 Å². The van der Waals surface area contributed by atoms with Gasteiger partial charge < -0.3 is 4.90 Å². The van der Waals surface area contributed by atoms with Gasteiger partial charge in [-0.05, 0) is 61.4 Å². The topological polar surface area (TPSA) is 20.3 Å². The lowest BCUT2D eigenvalue weighted by atomic mass is 10.1.